The van der Waals surface area contributed by atoms with Crippen LogP contribution in [-0.2, 0) is 49.8 Å². The second-order valence-electron chi connectivity index (χ2n) is 10.8. The Morgan fingerprint density at radius 2 is 1.19 bits per heavy atom. The molecule has 1 atom stereocenters. The van der Waals surface area contributed by atoms with Crippen LogP contribution in [-0.4, -0.2) is 49.8 Å². The summed E-state index contributed by atoms with van der Waals surface area (Å²) in [4.78, 5) is 27.0. The maximum Gasteiger partial charge on any atom is 0.365 e. The lowest BCUT2D eigenvalue weighted by molar-refractivity contribution is -0.127. The first-order valence-electron chi connectivity index (χ1n) is 16.3. The summed E-state index contributed by atoms with van der Waals surface area (Å²) < 4.78 is 125. The summed E-state index contributed by atoms with van der Waals surface area (Å²) in [5.41, 5.74) is -2.55. The highest BCUT2D eigenvalue weighted by Gasteiger charge is 2.52. The zero-order chi connectivity index (χ0) is 40.2. The van der Waals surface area contributed by atoms with E-state index in [0.717, 1.165) is 0 Å². The second-order valence-corrected chi connectivity index (χ2v) is 16.3. The van der Waals surface area contributed by atoms with Gasteiger partial charge < -0.3 is 33.5 Å². The Morgan fingerprint density at radius 1 is 0.722 bits per heavy atom. The first kappa shape index (κ1) is 45.1. The van der Waals surface area contributed by atoms with Crippen molar-refractivity contribution in [3.05, 3.63) is 104 Å². The molecule has 0 aromatic heterocycles. The quantitative estimate of drug-likeness (QED) is 0.0375. The van der Waals surface area contributed by atoms with E-state index >= 15 is 0 Å². The third-order valence-corrected chi connectivity index (χ3v) is 13.5. The van der Waals surface area contributed by atoms with Gasteiger partial charge in [-0.2, -0.15) is 0 Å². The van der Waals surface area contributed by atoms with Crippen molar-refractivity contribution in [1.82, 2.24) is 10.6 Å². The summed E-state index contributed by atoms with van der Waals surface area (Å²) in [6.45, 7) is 4.99. The van der Waals surface area contributed by atoms with Crippen LogP contribution in [0.4, 0.5) is 22.0 Å². The highest BCUT2D eigenvalue weighted by atomic mass is 35.5. The van der Waals surface area contributed by atoms with E-state index in [9.17, 15) is 40.7 Å². The van der Waals surface area contributed by atoms with Crippen molar-refractivity contribution >= 4 is 56.3 Å². The van der Waals surface area contributed by atoms with Gasteiger partial charge in [0.15, 0.2) is 23.3 Å². The van der Waals surface area contributed by atoms with Gasteiger partial charge in [-0.15, -0.1) is 0 Å². The Morgan fingerprint density at radius 3 is 1.65 bits per heavy atom. The first-order chi connectivity index (χ1) is 25.5. The monoisotopic (exact) mass is 844 g/mol. The molecule has 2 amide bonds. The van der Waals surface area contributed by atoms with Crippen LogP contribution in [0.1, 0.15) is 44.4 Å². The Bertz CT molecular complexity index is 1830. The minimum atomic E-state index is -4.54. The molecular formula is C34H37Cl2F5N2O9P2. The Hall–Kier alpha value is -3.33. The van der Waals surface area contributed by atoms with E-state index in [-0.39, 0.29) is 39.5 Å². The highest BCUT2D eigenvalue weighted by Crippen LogP contribution is 2.69. The molecule has 0 saturated carbocycles. The summed E-state index contributed by atoms with van der Waals surface area (Å²) in [6.07, 6.45) is 0.430. The number of nitrogens with one attached hydrogen (secondary N) is 2. The van der Waals surface area contributed by atoms with Crippen molar-refractivity contribution in [3.8, 4) is 5.75 Å². The minimum Gasteiger partial charge on any atom is -0.489 e. The average Bonchev–Trinajstić information content (AvgIpc) is 3.12. The lowest BCUT2D eigenvalue weighted by Crippen LogP contribution is -2.50. The van der Waals surface area contributed by atoms with E-state index in [1.165, 1.54) is 52.0 Å². The molecule has 3 aromatic rings. The molecule has 0 aliphatic rings. The fourth-order valence-corrected chi connectivity index (χ4v) is 10.2. The third-order valence-electron chi connectivity index (χ3n) is 7.19. The van der Waals surface area contributed by atoms with Crippen LogP contribution >= 0.6 is 38.4 Å². The van der Waals surface area contributed by atoms with Gasteiger partial charge in [-0.25, -0.2) is 22.0 Å². The predicted molar refractivity (Wildman–Crippen MR) is 192 cm³/mol. The van der Waals surface area contributed by atoms with Gasteiger partial charge in [0.05, 0.1) is 32.0 Å². The van der Waals surface area contributed by atoms with Crippen molar-refractivity contribution in [3.63, 3.8) is 0 Å². The number of amides is 2. The van der Waals surface area contributed by atoms with Crippen LogP contribution in [0.3, 0.4) is 0 Å². The molecule has 54 heavy (non-hydrogen) atoms. The number of ether oxygens (including phenoxy) is 1. The van der Waals surface area contributed by atoms with Crippen molar-refractivity contribution in [2.24, 2.45) is 0 Å². The van der Waals surface area contributed by atoms with Gasteiger partial charge in [-0.05, 0) is 63.6 Å². The standard InChI is InChI=1S/C34H37Cl2F5N2O9P2/c1-5-49-53(46,50-6-2)34(54(47,51-7-3)52-8-4)43-33(45)26(42-27(44)17-16-22-28(37)30(39)32(41)31(40)29(22)38)18-20-12-14-21(15-13-20)48-19-23-24(35)10-9-11-25(23)36/h9-17,26,34H,5-8,18-19H2,1-4H3,(H,42,44)(H,43,45)/t26-/m0/s1. The Kier molecular flexibility index (Phi) is 17.1. The summed E-state index contributed by atoms with van der Waals surface area (Å²) in [7, 11) is -9.07. The van der Waals surface area contributed by atoms with Crippen molar-refractivity contribution in [2.75, 3.05) is 26.4 Å². The van der Waals surface area contributed by atoms with E-state index in [1.807, 2.05) is 0 Å². The largest absolute Gasteiger partial charge is 0.489 e. The molecule has 2 N–H and O–H groups in total. The molecule has 0 heterocycles. The topological polar surface area (TPSA) is 138 Å². The number of carbonyl (C=O) groups excluding carboxylic acids is 2. The van der Waals surface area contributed by atoms with Crippen LogP contribution in [0.15, 0.2) is 48.5 Å². The van der Waals surface area contributed by atoms with Crippen LogP contribution in [0.2, 0.25) is 10.0 Å². The van der Waals surface area contributed by atoms with E-state index < -0.39 is 73.2 Å². The fraction of sp³-hybridized carbons (Fsp3) is 0.353. The molecule has 0 radical (unpaired) electrons. The number of carbonyl (C=O) groups is 2. The smallest absolute Gasteiger partial charge is 0.365 e. The summed E-state index contributed by atoms with van der Waals surface area (Å²) in [6, 6.07) is 9.40. The third kappa shape index (κ3) is 11.4. The number of hydrogen-bond donors (Lipinski definition) is 2. The zero-order valence-electron chi connectivity index (χ0n) is 29.3. The molecule has 11 nitrogen and oxygen atoms in total. The predicted octanol–water partition coefficient (Wildman–Crippen LogP) is 8.94. The summed E-state index contributed by atoms with van der Waals surface area (Å²) >= 11 is 12.4. The van der Waals surface area contributed by atoms with Gasteiger partial charge in [0.25, 0.3) is 0 Å². The minimum absolute atomic E-state index is 0.00907. The molecule has 0 fully saturated rings. The van der Waals surface area contributed by atoms with Gasteiger partial charge in [0.2, 0.25) is 23.2 Å². The number of rotatable bonds is 20. The summed E-state index contributed by atoms with van der Waals surface area (Å²) in [5.74, 6) is -13.3. The molecular weight excluding hydrogens is 808 g/mol. The molecule has 3 aromatic carbocycles. The molecule has 0 aliphatic heterocycles. The van der Waals surface area contributed by atoms with Crippen LogP contribution in [0.5, 0.6) is 5.75 Å². The molecule has 3 rings (SSSR count). The molecule has 20 heteroatoms. The van der Waals surface area contributed by atoms with Crippen molar-refractivity contribution < 1.29 is 63.5 Å². The normalized spacial score (nSPS) is 12.7. The van der Waals surface area contributed by atoms with Gasteiger partial charge in [-0.3, -0.25) is 18.7 Å². The van der Waals surface area contributed by atoms with E-state index in [4.69, 9.17) is 46.0 Å². The maximum absolute atomic E-state index is 14.3. The Balaban J connectivity index is 2.00. The number of hydrogen-bond acceptors (Lipinski definition) is 9. The van der Waals surface area contributed by atoms with E-state index in [0.29, 0.717) is 39.1 Å². The van der Waals surface area contributed by atoms with Crippen LogP contribution in [0.25, 0.3) is 6.08 Å². The van der Waals surface area contributed by atoms with Gasteiger partial charge in [0.1, 0.15) is 18.4 Å². The molecule has 0 spiro atoms. The molecule has 296 valence electrons. The first-order valence-corrected chi connectivity index (χ1v) is 20.3. The van der Waals surface area contributed by atoms with Gasteiger partial charge in [0, 0.05) is 28.1 Å². The fourth-order valence-electron chi connectivity index (χ4n) is 4.78. The highest BCUT2D eigenvalue weighted by molar-refractivity contribution is 7.72. The van der Waals surface area contributed by atoms with Gasteiger partial charge in [-0.1, -0.05) is 41.4 Å². The SMILES string of the molecule is CCOP(=O)(OCC)C(NC(=O)[C@H](Cc1ccc(OCc2c(Cl)cccc2Cl)cc1)NC(=O)C=Cc1c(F)c(F)c(F)c(F)c1F)P(=O)(OCC)OCC. The zero-order valence-corrected chi connectivity index (χ0v) is 32.6. The van der Waals surface area contributed by atoms with Gasteiger partial charge >= 0.3 is 15.2 Å². The van der Waals surface area contributed by atoms with Crippen LogP contribution in [0, 0.1) is 29.1 Å². The number of halogens is 7. The summed E-state index contributed by atoms with van der Waals surface area (Å²) in [5, 5.41) is 5.36. The van der Waals surface area contributed by atoms with E-state index in [2.05, 4.69) is 10.6 Å². The van der Waals surface area contributed by atoms with Crippen molar-refractivity contribution in [2.45, 2.75) is 52.3 Å². The average molecular weight is 846 g/mol. The number of benzene rings is 3. The molecule has 0 saturated heterocycles. The van der Waals surface area contributed by atoms with Crippen molar-refractivity contribution in [1.29, 1.82) is 0 Å². The lowest BCUT2D eigenvalue weighted by Gasteiger charge is -2.32. The Labute approximate surface area is 318 Å². The second kappa shape index (κ2) is 20.5. The molecule has 0 bridgehead atoms. The molecule has 0 aliphatic carbocycles. The van der Waals surface area contributed by atoms with E-state index in [1.54, 1.807) is 18.2 Å². The maximum atomic E-state index is 14.3. The lowest BCUT2D eigenvalue weighted by atomic mass is 10.0. The van der Waals surface area contributed by atoms with Crippen LogP contribution < -0.4 is 15.4 Å². The molecule has 0 unspecified atom stereocenters.